The van der Waals surface area contributed by atoms with Crippen molar-refractivity contribution in [2.24, 2.45) is 0 Å². The normalized spacial score (nSPS) is 11.5. The Morgan fingerprint density at radius 3 is 2.54 bits per heavy atom. The fraction of sp³-hybridized carbons (Fsp3) is 0.400. The number of anilines is 1. The lowest BCUT2D eigenvalue weighted by Gasteiger charge is -2.26. The highest BCUT2D eigenvalue weighted by atomic mass is 35.5. The number of halogens is 2. The fourth-order valence-electron chi connectivity index (χ4n) is 2.46. The van der Waals surface area contributed by atoms with E-state index in [9.17, 15) is 4.79 Å². The van der Waals surface area contributed by atoms with Crippen LogP contribution in [0.5, 0.6) is 0 Å². The van der Waals surface area contributed by atoms with Gasteiger partial charge in [-0.25, -0.2) is 4.79 Å². The second-order valence-electron chi connectivity index (χ2n) is 7.18. The number of carbonyl (C=O) groups excluding carboxylic acids is 1. The molecule has 0 aliphatic heterocycles. The third-order valence-electron chi connectivity index (χ3n) is 4.09. The van der Waals surface area contributed by atoms with Crippen LogP contribution in [0.1, 0.15) is 49.3 Å². The Hall–Kier alpha value is -1.78. The van der Waals surface area contributed by atoms with Crippen LogP contribution in [0.15, 0.2) is 30.5 Å². The van der Waals surface area contributed by atoms with Gasteiger partial charge in [0.05, 0.1) is 39.3 Å². The predicted molar refractivity (Wildman–Crippen MR) is 108 cm³/mol. The molecule has 2 rings (SSSR count). The van der Waals surface area contributed by atoms with Gasteiger partial charge in [0.15, 0.2) is 0 Å². The molecule has 4 nitrogen and oxygen atoms in total. The monoisotopic (exact) mass is 394 g/mol. The van der Waals surface area contributed by atoms with Crippen LogP contribution in [0.4, 0.5) is 5.69 Å². The van der Waals surface area contributed by atoms with Gasteiger partial charge in [-0.3, -0.25) is 4.98 Å². The van der Waals surface area contributed by atoms with Crippen LogP contribution in [0, 0.1) is 6.92 Å². The first-order valence-electron chi connectivity index (χ1n) is 8.47. The number of carbonyl (C=O) groups is 1. The first kappa shape index (κ1) is 20.5. The van der Waals surface area contributed by atoms with Crippen LogP contribution in [0.3, 0.4) is 0 Å². The standard InChI is InChI=1S/C20H24Cl2N2O2/c1-12(2)26-19(25)16-9-15(10-23-13(16)3)24-11-20(4,5)14-6-7-17(21)18(22)8-14/h6-10,12,24H,11H2,1-5H3. The van der Waals surface area contributed by atoms with E-state index in [1.54, 1.807) is 25.3 Å². The molecule has 0 radical (unpaired) electrons. The van der Waals surface area contributed by atoms with Gasteiger partial charge in [-0.1, -0.05) is 43.1 Å². The van der Waals surface area contributed by atoms with Crippen molar-refractivity contribution >= 4 is 34.9 Å². The average Bonchev–Trinajstić information content (AvgIpc) is 2.55. The number of hydrogen-bond acceptors (Lipinski definition) is 4. The van der Waals surface area contributed by atoms with Crippen LogP contribution < -0.4 is 5.32 Å². The van der Waals surface area contributed by atoms with Gasteiger partial charge in [-0.2, -0.15) is 0 Å². The van der Waals surface area contributed by atoms with E-state index >= 15 is 0 Å². The zero-order valence-electron chi connectivity index (χ0n) is 15.7. The molecule has 0 saturated heterocycles. The van der Waals surface area contributed by atoms with Crippen LogP contribution in [-0.2, 0) is 10.2 Å². The molecule has 0 aliphatic carbocycles. The Kier molecular flexibility index (Phi) is 6.53. The number of ether oxygens (including phenoxy) is 1. The summed E-state index contributed by atoms with van der Waals surface area (Å²) in [5.74, 6) is -0.364. The topological polar surface area (TPSA) is 51.2 Å². The van der Waals surface area contributed by atoms with Crippen molar-refractivity contribution in [3.05, 3.63) is 57.3 Å². The second-order valence-corrected chi connectivity index (χ2v) is 7.99. The minimum Gasteiger partial charge on any atom is -0.459 e. The van der Waals surface area contributed by atoms with Gasteiger partial charge in [-0.05, 0) is 44.5 Å². The molecule has 1 N–H and O–H groups in total. The van der Waals surface area contributed by atoms with Gasteiger partial charge in [0, 0.05) is 12.0 Å². The third-order valence-corrected chi connectivity index (χ3v) is 4.82. The first-order valence-corrected chi connectivity index (χ1v) is 9.23. The zero-order chi connectivity index (χ0) is 19.5. The number of pyridine rings is 1. The van der Waals surface area contributed by atoms with Gasteiger partial charge in [-0.15, -0.1) is 0 Å². The van der Waals surface area contributed by atoms with Gasteiger partial charge < -0.3 is 10.1 Å². The van der Waals surface area contributed by atoms with E-state index in [2.05, 4.69) is 24.1 Å². The SMILES string of the molecule is Cc1ncc(NCC(C)(C)c2ccc(Cl)c(Cl)c2)cc1C(=O)OC(C)C. The lowest BCUT2D eigenvalue weighted by molar-refractivity contribution is 0.0376. The summed E-state index contributed by atoms with van der Waals surface area (Å²) < 4.78 is 5.28. The van der Waals surface area contributed by atoms with E-state index in [4.69, 9.17) is 27.9 Å². The molecule has 0 atom stereocenters. The zero-order valence-corrected chi connectivity index (χ0v) is 17.2. The van der Waals surface area contributed by atoms with Crippen LogP contribution in [0.2, 0.25) is 10.0 Å². The summed E-state index contributed by atoms with van der Waals surface area (Å²) in [7, 11) is 0. The highest BCUT2D eigenvalue weighted by Gasteiger charge is 2.22. The van der Waals surface area contributed by atoms with E-state index in [1.807, 2.05) is 26.0 Å². The van der Waals surface area contributed by atoms with E-state index in [0.717, 1.165) is 11.3 Å². The maximum absolute atomic E-state index is 12.2. The van der Waals surface area contributed by atoms with Gasteiger partial charge in [0.1, 0.15) is 0 Å². The van der Waals surface area contributed by atoms with E-state index in [-0.39, 0.29) is 17.5 Å². The Bertz CT molecular complexity index is 804. The van der Waals surface area contributed by atoms with E-state index in [0.29, 0.717) is 27.8 Å². The Balaban J connectivity index is 2.15. The van der Waals surface area contributed by atoms with Crippen molar-refractivity contribution in [3.63, 3.8) is 0 Å². The van der Waals surface area contributed by atoms with Crippen molar-refractivity contribution in [2.75, 3.05) is 11.9 Å². The molecule has 140 valence electrons. The minimum absolute atomic E-state index is 0.174. The summed E-state index contributed by atoms with van der Waals surface area (Å²) in [6.07, 6.45) is 1.54. The van der Waals surface area contributed by atoms with Crippen LogP contribution in [-0.4, -0.2) is 23.6 Å². The first-order chi connectivity index (χ1) is 12.1. The number of esters is 1. The second kappa shape index (κ2) is 8.28. The molecule has 0 fully saturated rings. The Labute approximate surface area is 164 Å². The van der Waals surface area contributed by atoms with Gasteiger partial charge >= 0.3 is 5.97 Å². The van der Waals surface area contributed by atoms with Crippen molar-refractivity contribution < 1.29 is 9.53 Å². The van der Waals surface area contributed by atoms with Crippen molar-refractivity contribution in [1.29, 1.82) is 0 Å². The predicted octanol–water partition coefficient (Wildman–Crippen LogP) is 5.65. The third kappa shape index (κ3) is 5.12. The summed E-state index contributed by atoms with van der Waals surface area (Å²) in [4.78, 5) is 16.5. The molecule has 6 heteroatoms. The molecule has 0 unspecified atom stereocenters. The molecule has 2 aromatic rings. The molecular weight excluding hydrogens is 371 g/mol. The minimum atomic E-state index is -0.364. The summed E-state index contributed by atoms with van der Waals surface area (Å²) in [6.45, 7) is 10.3. The molecule has 1 aromatic heterocycles. The largest absolute Gasteiger partial charge is 0.459 e. The number of benzene rings is 1. The summed E-state index contributed by atoms with van der Waals surface area (Å²) in [5, 5.41) is 4.42. The fourth-order valence-corrected chi connectivity index (χ4v) is 2.75. The number of aryl methyl sites for hydroxylation is 1. The lowest BCUT2D eigenvalue weighted by Crippen LogP contribution is -2.27. The molecule has 26 heavy (non-hydrogen) atoms. The highest BCUT2D eigenvalue weighted by molar-refractivity contribution is 6.42. The van der Waals surface area contributed by atoms with Crippen molar-refractivity contribution in [2.45, 2.75) is 46.1 Å². The molecule has 0 saturated carbocycles. The van der Waals surface area contributed by atoms with Crippen molar-refractivity contribution in [3.8, 4) is 0 Å². The van der Waals surface area contributed by atoms with Gasteiger partial charge in [0.2, 0.25) is 0 Å². The summed E-state index contributed by atoms with van der Waals surface area (Å²) >= 11 is 12.1. The average molecular weight is 395 g/mol. The van der Waals surface area contributed by atoms with E-state index in [1.165, 1.54) is 0 Å². The molecule has 0 amide bonds. The van der Waals surface area contributed by atoms with Gasteiger partial charge in [0.25, 0.3) is 0 Å². The van der Waals surface area contributed by atoms with Crippen molar-refractivity contribution in [1.82, 2.24) is 4.98 Å². The van der Waals surface area contributed by atoms with E-state index < -0.39 is 0 Å². The smallest absolute Gasteiger partial charge is 0.340 e. The molecule has 0 bridgehead atoms. The Morgan fingerprint density at radius 1 is 1.23 bits per heavy atom. The number of aromatic nitrogens is 1. The quantitative estimate of drug-likeness (QED) is 0.642. The van der Waals surface area contributed by atoms with Crippen LogP contribution >= 0.6 is 23.2 Å². The maximum atomic E-state index is 12.2. The molecule has 1 aromatic carbocycles. The molecule has 1 heterocycles. The van der Waals surface area contributed by atoms with Crippen LogP contribution in [0.25, 0.3) is 0 Å². The Morgan fingerprint density at radius 2 is 1.92 bits per heavy atom. The number of nitrogens with zero attached hydrogens (tertiary/aromatic N) is 1. The maximum Gasteiger partial charge on any atom is 0.340 e. The molecular formula is C20H24Cl2N2O2. The molecule has 0 aliphatic rings. The number of rotatable bonds is 6. The summed E-state index contributed by atoms with van der Waals surface area (Å²) in [6, 6.07) is 7.42. The number of nitrogens with one attached hydrogen (secondary N) is 1. The molecule has 0 spiro atoms. The lowest BCUT2D eigenvalue weighted by atomic mass is 9.84. The highest BCUT2D eigenvalue weighted by Crippen LogP contribution is 2.30. The number of hydrogen-bond donors (Lipinski definition) is 1. The summed E-state index contributed by atoms with van der Waals surface area (Å²) in [5.41, 5.74) is 2.75.